The fraction of sp³-hybridized carbons (Fsp3) is 0.222. The van der Waals surface area contributed by atoms with E-state index in [1.807, 2.05) is 6.92 Å². The van der Waals surface area contributed by atoms with E-state index in [0.717, 1.165) is 9.13 Å². The first-order chi connectivity index (χ1) is 6.02. The topological polar surface area (TPSA) is 63.3 Å². The molecule has 70 valence electrons. The summed E-state index contributed by atoms with van der Waals surface area (Å²) in [6, 6.07) is 4.83. The molecule has 1 aromatic rings. The quantitative estimate of drug-likeness (QED) is 0.819. The zero-order chi connectivity index (χ0) is 10.0. The molecule has 1 aromatic carbocycles. The predicted octanol–water partition coefficient (Wildman–Crippen LogP) is 2.01. The van der Waals surface area contributed by atoms with Crippen LogP contribution in [0.5, 0.6) is 0 Å². The lowest BCUT2D eigenvalue weighted by molar-refractivity contribution is 0.0696. The van der Waals surface area contributed by atoms with Gasteiger partial charge in [0.2, 0.25) is 0 Å². The van der Waals surface area contributed by atoms with Crippen LogP contribution >= 0.6 is 22.6 Å². The second-order valence-electron chi connectivity index (χ2n) is 2.83. The molecule has 0 amide bonds. The zero-order valence-electron chi connectivity index (χ0n) is 7.12. The summed E-state index contributed by atoms with van der Waals surface area (Å²) < 4.78 is 0.998. The van der Waals surface area contributed by atoms with Crippen molar-refractivity contribution < 1.29 is 9.90 Å². The molecule has 0 radical (unpaired) electrons. The molecule has 1 rings (SSSR count). The smallest absolute Gasteiger partial charge is 0.335 e. The maximum Gasteiger partial charge on any atom is 0.335 e. The van der Waals surface area contributed by atoms with E-state index in [4.69, 9.17) is 10.8 Å². The molecule has 0 aliphatic heterocycles. The Bertz CT molecular complexity index is 336. The van der Waals surface area contributed by atoms with Crippen LogP contribution in [-0.4, -0.2) is 11.1 Å². The van der Waals surface area contributed by atoms with E-state index >= 15 is 0 Å². The highest BCUT2D eigenvalue weighted by Gasteiger charge is 2.09. The first-order valence-electron chi connectivity index (χ1n) is 3.80. The van der Waals surface area contributed by atoms with Gasteiger partial charge in [-0.1, -0.05) is 0 Å². The van der Waals surface area contributed by atoms with Crippen LogP contribution in [0.25, 0.3) is 0 Å². The summed E-state index contributed by atoms with van der Waals surface area (Å²) in [5.74, 6) is -0.918. The maximum atomic E-state index is 10.6. The highest BCUT2D eigenvalue weighted by atomic mass is 127. The van der Waals surface area contributed by atoms with Gasteiger partial charge in [-0.2, -0.15) is 0 Å². The molecule has 0 aromatic heterocycles. The number of hydrogen-bond donors (Lipinski definition) is 2. The summed E-state index contributed by atoms with van der Waals surface area (Å²) in [6.07, 6.45) is 0. The number of nitrogens with two attached hydrogens (primary N) is 1. The van der Waals surface area contributed by atoms with Crippen LogP contribution in [0.1, 0.15) is 28.9 Å². The number of rotatable bonds is 2. The van der Waals surface area contributed by atoms with Crippen molar-refractivity contribution in [2.75, 3.05) is 0 Å². The Kier molecular flexibility index (Phi) is 3.27. The average molecular weight is 291 g/mol. The van der Waals surface area contributed by atoms with Crippen molar-refractivity contribution in [3.8, 4) is 0 Å². The van der Waals surface area contributed by atoms with Gasteiger partial charge in [0.25, 0.3) is 0 Å². The molecule has 0 saturated carbocycles. The monoisotopic (exact) mass is 291 g/mol. The van der Waals surface area contributed by atoms with Crippen LogP contribution in [-0.2, 0) is 0 Å². The third-order valence-corrected chi connectivity index (χ3v) is 2.72. The van der Waals surface area contributed by atoms with E-state index in [1.54, 1.807) is 18.2 Å². The van der Waals surface area contributed by atoms with E-state index in [2.05, 4.69) is 22.6 Å². The summed E-state index contributed by atoms with van der Waals surface area (Å²) in [6.45, 7) is 1.84. The van der Waals surface area contributed by atoms with Crippen LogP contribution in [0.3, 0.4) is 0 Å². The number of hydrogen-bond acceptors (Lipinski definition) is 2. The number of carboxylic acids is 1. The Morgan fingerprint density at radius 1 is 1.62 bits per heavy atom. The molecule has 4 heteroatoms. The summed E-state index contributed by atoms with van der Waals surface area (Å²) in [5, 5.41) is 8.74. The van der Waals surface area contributed by atoms with Gasteiger partial charge in [-0.25, -0.2) is 4.79 Å². The molecule has 0 fully saturated rings. The van der Waals surface area contributed by atoms with E-state index < -0.39 is 5.97 Å². The lowest BCUT2D eigenvalue weighted by atomic mass is 10.1. The molecule has 0 aliphatic rings. The van der Waals surface area contributed by atoms with E-state index in [-0.39, 0.29) is 11.6 Å². The van der Waals surface area contributed by atoms with E-state index in [9.17, 15) is 4.79 Å². The van der Waals surface area contributed by atoms with Gasteiger partial charge in [0.15, 0.2) is 0 Å². The normalized spacial score (nSPS) is 12.5. The molecule has 3 nitrogen and oxygen atoms in total. The zero-order valence-corrected chi connectivity index (χ0v) is 9.28. The van der Waals surface area contributed by atoms with Crippen molar-refractivity contribution in [1.82, 2.24) is 0 Å². The van der Waals surface area contributed by atoms with E-state index in [1.165, 1.54) is 0 Å². The van der Waals surface area contributed by atoms with Crippen LogP contribution < -0.4 is 5.73 Å². The minimum atomic E-state index is -0.918. The van der Waals surface area contributed by atoms with Gasteiger partial charge in [0.05, 0.1) is 5.56 Å². The molecule has 0 spiro atoms. The fourth-order valence-corrected chi connectivity index (χ4v) is 1.85. The molecule has 0 bridgehead atoms. The van der Waals surface area contributed by atoms with Crippen molar-refractivity contribution in [2.45, 2.75) is 13.0 Å². The van der Waals surface area contributed by atoms with Gasteiger partial charge in [-0.05, 0) is 53.3 Å². The summed E-state index contributed by atoms with van der Waals surface area (Å²) in [4.78, 5) is 10.6. The Morgan fingerprint density at radius 3 is 2.69 bits per heavy atom. The summed E-state index contributed by atoms with van der Waals surface area (Å²) in [7, 11) is 0. The van der Waals surface area contributed by atoms with Gasteiger partial charge >= 0.3 is 5.97 Å². The predicted molar refractivity (Wildman–Crippen MR) is 58.7 cm³/mol. The van der Waals surface area contributed by atoms with Crippen molar-refractivity contribution in [2.24, 2.45) is 5.73 Å². The summed E-state index contributed by atoms with van der Waals surface area (Å²) >= 11 is 2.14. The Labute approximate surface area is 90.1 Å². The number of benzene rings is 1. The SMILES string of the molecule is C[C@H](N)c1cc(C(=O)O)ccc1I. The molecule has 13 heavy (non-hydrogen) atoms. The third kappa shape index (κ3) is 2.41. The highest BCUT2D eigenvalue weighted by Crippen LogP contribution is 2.19. The fourth-order valence-electron chi connectivity index (χ4n) is 1.03. The highest BCUT2D eigenvalue weighted by molar-refractivity contribution is 14.1. The van der Waals surface area contributed by atoms with Crippen LogP contribution in [0, 0.1) is 3.57 Å². The largest absolute Gasteiger partial charge is 0.478 e. The van der Waals surface area contributed by atoms with Crippen LogP contribution in [0.15, 0.2) is 18.2 Å². The van der Waals surface area contributed by atoms with Crippen molar-refractivity contribution in [3.05, 3.63) is 32.9 Å². The lowest BCUT2D eigenvalue weighted by Gasteiger charge is -2.08. The Hall–Kier alpha value is -0.620. The minimum Gasteiger partial charge on any atom is -0.478 e. The molecule has 0 saturated heterocycles. The number of carbonyl (C=O) groups is 1. The van der Waals surface area contributed by atoms with Crippen molar-refractivity contribution in [1.29, 1.82) is 0 Å². The van der Waals surface area contributed by atoms with E-state index in [0.29, 0.717) is 0 Å². The van der Waals surface area contributed by atoms with Crippen molar-refractivity contribution in [3.63, 3.8) is 0 Å². The van der Waals surface area contributed by atoms with Gasteiger partial charge in [0, 0.05) is 9.61 Å². The van der Waals surface area contributed by atoms with Gasteiger partial charge in [-0.15, -0.1) is 0 Å². The molecular formula is C9H10INO2. The second kappa shape index (κ2) is 4.06. The van der Waals surface area contributed by atoms with Crippen LogP contribution in [0.4, 0.5) is 0 Å². The molecule has 1 atom stereocenters. The average Bonchev–Trinajstić information content (AvgIpc) is 2.04. The molecule has 0 aliphatic carbocycles. The molecule has 3 N–H and O–H groups in total. The van der Waals surface area contributed by atoms with Gasteiger partial charge in [0.1, 0.15) is 0 Å². The molecular weight excluding hydrogens is 281 g/mol. The third-order valence-electron chi connectivity index (χ3n) is 1.73. The second-order valence-corrected chi connectivity index (χ2v) is 3.99. The van der Waals surface area contributed by atoms with Gasteiger partial charge in [-0.3, -0.25) is 0 Å². The Balaban J connectivity index is 3.19. The molecule has 0 unspecified atom stereocenters. The van der Waals surface area contributed by atoms with Crippen molar-refractivity contribution >= 4 is 28.6 Å². The van der Waals surface area contributed by atoms with Gasteiger partial charge < -0.3 is 10.8 Å². The number of carboxylic acid groups (broad SMARTS) is 1. The first-order valence-corrected chi connectivity index (χ1v) is 4.88. The Morgan fingerprint density at radius 2 is 2.23 bits per heavy atom. The number of halogens is 1. The van der Waals surface area contributed by atoms with Crippen LogP contribution in [0.2, 0.25) is 0 Å². The first kappa shape index (κ1) is 10.5. The minimum absolute atomic E-state index is 0.133. The summed E-state index contributed by atoms with van der Waals surface area (Å²) in [5.41, 5.74) is 6.85. The standard InChI is InChI=1S/C9H10INO2/c1-5(11)7-4-6(9(12)13)2-3-8(7)10/h2-5H,11H2,1H3,(H,12,13)/t5-/m0/s1. The number of aromatic carboxylic acids is 1. The lowest BCUT2D eigenvalue weighted by Crippen LogP contribution is -2.08. The maximum absolute atomic E-state index is 10.6. The molecule has 0 heterocycles.